The number of Topliss-reactive ketones (excluding diaryl/α,β-unsaturated/α-hetero) is 1. The minimum atomic E-state index is 0.0146. The largest absolute Gasteiger partial charge is 0.295 e. The van der Waals surface area contributed by atoms with Crippen LogP contribution in [0.5, 0.6) is 0 Å². The van der Waals surface area contributed by atoms with Crippen molar-refractivity contribution in [2.75, 3.05) is 0 Å². The molecule has 0 saturated carbocycles. The third-order valence-electron chi connectivity index (χ3n) is 2.81. The predicted octanol–water partition coefficient (Wildman–Crippen LogP) is 3.99. The smallest absolute Gasteiger partial charge is 0.159 e. The third-order valence-corrected chi connectivity index (χ3v) is 3.12. The SMILES string of the molecule is CC(=O)c1ccc(-c2ccnn2C(C)C)c(Cl)c1. The molecule has 0 saturated heterocycles. The van der Waals surface area contributed by atoms with E-state index in [0.29, 0.717) is 10.6 Å². The second kappa shape index (κ2) is 4.94. The number of ketones is 1. The van der Waals surface area contributed by atoms with Gasteiger partial charge in [0.15, 0.2) is 5.78 Å². The van der Waals surface area contributed by atoms with Crippen LogP contribution in [0.15, 0.2) is 30.5 Å². The van der Waals surface area contributed by atoms with Crippen LogP contribution >= 0.6 is 11.6 Å². The van der Waals surface area contributed by atoms with Crippen molar-refractivity contribution in [1.82, 2.24) is 9.78 Å². The maximum atomic E-state index is 11.3. The fourth-order valence-electron chi connectivity index (χ4n) is 1.88. The standard InChI is InChI=1S/C14H15ClN2O/c1-9(2)17-14(6-7-16-17)12-5-4-11(10(3)18)8-13(12)15/h4-9H,1-3H3. The van der Waals surface area contributed by atoms with Crippen LogP contribution < -0.4 is 0 Å². The molecule has 2 aromatic rings. The Labute approximate surface area is 111 Å². The van der Waals surface area contributed by atoms with Gasteiger partial charge in [0.1, 0.15) is 0 Å². The Morgan fingerprint density at radius 2 is 2.06 bits per heavy atom. The first-order valence-corrected chi connectivity index (χ1v) is 6.23. The van der Waals surface area contributed by atoms with Gasteiger partial charge in [-0.2, -0.15) is 5.10 Å². The normalized spacial score (nSPS) is 10.9. The molecule has 0 bridgehead atoms. The molecule has 3 nitrogen and oxygen atoms in total. The molecule has 2 rings (SSSR count). The van der Waals surface area contributed by atoms with Gasteiger partial charge < -0.3 is 0 Å². The summed E-state index contributed by atoms with van der Waals surface area (Å²) in [5.41, 5.74) is 2.48. The van der Waals surface area contributed by atoms with Crippen LogP contribution in [0.1, 0.15) is 37.2 Å². The van der Waals surface area contributed by atoms with E-state index in [2.05, 4.69) is 18.9 Å². The lowest BCUT2D eigenvalue weighted by Gasteiger charge is -2.12. The van der Waals surface area contributed by atoms with Crippen LogP contribution in [0.25, 0.3) is 11.3 Å². The fourth-order valence-corrected chi connectivity index (χ4v) is 2.16. The van der Waals surface area contributed by atoms with E-state index in [0.717, 1.165) is 11.3 Å². The van der Waals surface area contributed by atoms with E-state index in [9.17, 15) is 4.79 Å². The Bertz CT molecular complexity index is 587. The van der Waals surface area contributed by atoms with Crippen LogP contribution in [0, 0.1) is 0 Å². The summed E-state index contributed by atoms with van der Waals surface area (Å²) in [6.07, 6.45) is 1.75. The minimum Gasteiger partial charge on any atom is -0.295 e. The van der Waals surface area contributed by atoms with E-state index in [1.54, 1.807) is 18.3 Å². The lowest BCUT2D eigenvalue weighted by molar-refractivity contribution is 0.101. The van der Waals surface area contributed by atoms with Crippen molar-refractivity contribution in [3.8, 4) is 11.3 Å². The van der Waals surface area contributed by atoms with E-state index >= 15 is 0 Å². The molecule has 0 spiro atoms. The second-order valence-electron chi connectivity index (χ2n) is 4.51. The van der Waals surface area contributed by atoms with Crippen molar-refractivity contribution in [3.63, 3.8) is 0 Å². The number of carbonyl (C=O) groups is 1. The molecule has 1 heterocycles. The number of halogens is 1. The summed E-state index contributed by atoms with van der Waals surface area (Å²) < 4.78 is 1.91. The van der Waals surface area contributed by atoms with Gasteiger partial charge in [0.2, 0.25) is 0 Å². The highest BCUT2D eigenvalue weighted by Crippen LogP contribution is 2.30. The summed E-state index contributed by atoms with van der Waals surface area (Å²) in [7, 11) is 0. The number of rotatable bonds is 3. The van der Waals surface area contributed by atoms with Crippen LogP contribution in [-0.4, -0.2) is 15.6 Å². The highest BCUT2D eigenvalue weighted by molar-refractivity contribution is 6.33. The van der Waals surface area contributed by atoms with E-state index in [-0.39, 0.29) is 11.8 Å². The molecule has 18 heavy (non-hydrogen) atoms. The molecule has 0 N–H and O–H groups in total. The lowest BCUT2D eigenvalue weighted by atomic mass is 10.1. The minimum absolute atomic E-state index is 0.0146. The van der Waals surface area contributed by atoms with Gasteiger partial charge in [0.05, 0.1) is 10.7 Å². The summed E-state index contributed by atoms with van der Waals surface area (Å²) in [6, 6.07) is 7.56. The maximum absolute atomic E-state index is 11.3. The quantitative estimate of drug-likeness (QED) is 0.784. The van der Waals surface area contributed by atoms with E-state index < -0.39 is 0 Å². The number of hydrogen-bond acceptors (Lipinski definition) is 2. The molecule has 0 fully saturated rings. The molecule has 1 aromatic carbocycles. The fraction of sp³-hybridized carbons (Fsp3) is 0.286. The van der Waals surface area contributed by atoms with E-state index in [1.807, 2.05) is 16.8 Å². The zero-order chi connectivity index (χ0) is 13.3. The summed E-state index contributed by atoms with van der Waals surface area (Å²) in [4.78, 5) is 11.3. The molecule has 0 aliphatic carbocycles. The van der Waals surface area contributed by atoms with E-state index in [1.165, 1.54) is 6.92 Å². The Morgan fingerprint density at radius 1 is 1.33 bits per heavy atom. The van der Waals surface area contributed by atoms with E-state index in [4.69, 9.17) is 11.6 Å². The van der Waals surface area contributed by atoms with Crippen molar-refractivity contribution in [1.29, 1.82) is 0 Å². The highest BCUT2D eigenvalue weighted by atomic mass is 35.5. The predicted molar refractivity (Wildman–Crippen MR) is 73.1 cm³/mol. The maximum Gasteiger partial charge on any atom is 0.159 e. The lowest BCUT2D eigenvalue weighted by Crippen LogP contribution is -2.05. The van der Waals surface area contributed by atoms with Gasteiger partial charge >= 0.3 is 0 Å². The van der Waals surface area contributed by atoms with Gasteiger partial charge in [-0.15, -0.1) is 0 Å². The zero-order valence-corrected chi connectivity index (χ0v) is 11.4. The van der Waals surface area contributed by atoms with Crippen LogP contribution in [-0.2, 0) is 0 Å². The first-order valence-electron chi connectivity index (χ1n) is 5.85. The molecular weight excluding hydrogens is 248 g/mol. The number of benzene rings is 1. The topological polar surface area (TPSA) is 34.9 Å². The summed E-state index contributed by atoms with van der Waals surface area (Å²) in [6.45, 7) is 5.66. The molecular formula is C14H15ClN2O. The van der Waals surface area contributed by atoms with Crippen molar-refractivity contribution >= 4 is 17.4 Å². The summed E-state index contributed by atoms with van der Waals surface area (Å²) in [5.74, 6) is 0.0146. The van der Waals surface area contributed by atoms with Crippen LogP contribution in [0.2, 0.25) is 5.02 Å². The average Bonchev–Trinajstić information content (AvgIpc) is 2.77. The molecule has 4 heteroatoms. The summed E-state index contributed by atoms with van der Waals surface area (Å²) in [5, 5.41) is 4.86. The molecule has 1 aromatic heterocycles. The first kappa shape index (κ1) is 12.8. The highest BCUT2D eigenvalue weighted by Gasteiger charge is 2.12. The number of hydrogen-bond donors (Lipinski definition) is 0. The Kier molecular flexibility index (Phi) is 3.53. The molecule has 0 atom stereocenters. The number of carbonyl (C=O) groups excluding carboxylic acids is 1. The molecule has 0 aliphatic rings. The molecule has 0 radical (unpaired) electrons. The Hall–Kier alpha value is -1.61. The van der Waals surface area contributed by atoms with Gasteiger partial charge in [-0.05, 0) is 32.9 Å². The summed E-state index contributed by atoms with van der Waals surface area (Å²) >= 11 is 6.25. The van der Waals surface area contributed by atoms with Crippen LogP contribution in [0.4, 0.5) is 0 Å². The third kappa shape index (κ3) is 2.31. The first-order chi connectivity index (χ1) is 8.50. The van der Waals surface area contributed by atoms with Gasteiger partial charge in [0, 0.05) is 23.4 Å². The second-order valence-corrected chi connectivity index (χ2v) is 4.91. The Balaban J connectivity index is 2.51. The van der Waals surface area contributed by atoms with Crippen molar-refractivity contribution in [2.24, 2.45) is 0 Å². The van der Waals surface area contributed by atoms with Crippen molar-refractivity contribution in [2.45, 2.75) is 26.8 Å². The van der Waals surface area contributed by atoms with Gasteiger partial charge in [-0.25, -0.2) is 0 Å². The Morgan fingerprint density at radius 3 is 2.61 bits per heavy atom. The average molecular weight is 263 g/mol. The van der Waals surface area contributed by atoms with Crippen molar-refractivity contribution < 1.29 is 4.79 Å². The number of nitrogens with zero attached hydrogens (tertiary/aromatic N) is 2. The van der Waals surface area contributed by atoms with Crippen molar-refractivity contribution in [3.05, 3.63) is 41.0 Å². The van der Waals surface area contributed by atoms with Gasteiger partial charge in [-0.1, -0.05) is 23.7 Å². The molecule has 94 valence electrons. The molecule has 0 unspecified atom stereocenters. The molecule has 0 aliphatic heterocycles. The van der Waals surface area contributed by atoms with Gasteiger partial charge in [0.25, 0.3) is 0 Å². The monoisotopic (exact) mass is 262 g/mol. The molecule has 0 amide bonds. The zero-order valence-electron chi connectivity index (χ0n) is 10.6. The van der Waals surface area contributed by atoms with Gasteiger partial charge in [-0.3, -0.25) is 9.48 Å². The van der Waals surface area contributed by atoms with Crippen LogP contribution in [0.3, 0.4) is 0 Å². The number of aromatic nitrogens is 2.